The van der Waals surface area contributed by atoms with Crippen LogP contribution in [0.25, 0.3) is 0 Å². The molecule has 0 fully saturated rings. The highest BCUT2D eigenvalue weighted by molar-refractivity contribution is 8.04. The second kappa shape index (κ2) is 8.72. The van der Waals surface area contributed by atoms with Gasteiger partial charge in [-0.05, 0) is 18.2 Å². The number of benzene rings is 2. The van der Waals surface area contributed by atoms with Crippen molar-refractivity contribution in [2.45, 2.75) is 4.90 Å². The van der Waals surface area contributed by atoms with Crippen LogP contribution >= 0.6 is 11.8 Å². The van der Waals surface area contributed by atoms with Crippen molar-refractivity contribution in [3.63, 3.8) is 0 Å². The lowest BCUT2D eigenvalue weighted by atomic mass is 9.94. The summed E-state index contributed by atoms with van der Waals surface area (Å²) >= 11 is 0.808. The number of sulfonamides is 1. The van der Waals surface area contributed by atoms with Crippen molar-refractivity contribution < 1.29 is 32.6 Å². The van der Waals surface area contributed by atoms with Gasteiger partial charge in [0, 0.05) is 17.2 Å². The maximum absolute atomic E-state index is 13.1. The van der Waals surface area contributed by atoms with Crippen LogP contribution in [-0.2, 0) is 14.8 Å². The van der Waals surface area contributed by atoms with Gasteiger partial charge in [0.15, 0.2) is 5.78 Å². The van der Waals surface area contributed by atoms with Gasteiger partial charge in [-0.15, -0.1) is 11.8 Å². The molecule has 0 amide bonds. The van der Waals surface area contributed by atoms with Gasteiger partial charge < -0.3 is 14.6 Å². The molecule has 0 atom stereocenters. The van der Waals surface area contributed by atoms with Crippen LogP contribution in [0.4, 0.5) is 0 Å². The number of carbonyl (C=O) groups excluding carboxylic acids is 1. The first-order chi connectivity index (χ1) is 14.3. The number of hydrogen-bond acceptors (Lipinski definition) is 7. The number of fused-ring (bicyclic) bond motifs is 1. The lowest BCUT2D eigenvalue weighted by Crippen LogP contribution is -2.18. The third-order valence-corrected chi connectivity index (χ3v) is 6.48. The van der Waals surface area contributed by atoms with Crippen LogP contribution in [0.2, 0.25) is 0 Å². The van der Waals surface area contributed by atoms with E-state index in [-0.39, 0.29) is 38.4 Å². The maximum Gasteiger partial charge on any atom is 0.313 e. The molecular weight excluding hydrogens is 430 g/mol. The molecule has 0 aromatic heterocycles. The number of methoxy groups -OCH3 is 2. The molecule has 3 rings (SSSR count). The Hall–Kier alpha value is -3.11. The van der Waals surface area contributed by atoms with E-state index in [1.54, 1.807) is 30.3 Å². The molecule has 0 unspecified atom stereocenters. The van der Waals surface area contributed by atoms with E-state index < -0.39 is 16.0 Å². The first kappa shape index (κ1) is 21.6. The van der Waals surface area contributed by atoms with Crippen LogP contribution in [-0.4, -0.2) is 51.0 Å². The molecule has 0 saturated heterocycles. The van der Waals surface area contributed by atoms with E-state index in [4.69, 9.17) is 14.6 Å². The van der Waals surface area contributed by atoms with Gasteiger partial charge in [0.25, 0.3) is 10.0 Å². The summed E-state index contributed by atoms with van der Waals surface area (Å²) in [7, 11) is -1.51. The number of allylic oxidation sites excluding steroid dienone is 2. The Balaban J connectivity index is 2.16. The second-order valence-corrected chi connectivity index (χ2v) is 8.62. The first-order valence-corrected chi connectivity index (χ1v) is 11.0. The minimum absolute atomic E-state index is 0.0305. The Morgan fingerprint density at radius 1 is 1.10 bits per heavy atom. The monoisotopic (exact) mass is 447 g/mol. The molecule has 0 saturated carbocycles. The minimum Gasteiger partial charge on any atom is -0.497 e. The molecule has 10 heteroatoms. The molecule has 156 valence electrons. The molecule has 0 radical (unpaired) electrons. The number of nitrogens with zero attached hydrogens (tertiary/aromatic N) is 1. The van der Waals surface area contributed by atoms with Gasteiger partial charge in [-0.2, -0.15) is 12.8 Å². The summed E-state index contributed by atoms with van der Waals surface area (Å²) in [6.07, 6.45) is 1.29. The Bertz CT molecular complexity index is 1180. The van der Waals surface area contributed by atoms with Crippen molar-refractivity contribution in [3.8, 4) is 11.5 Å². The molecule has 0 heterocycles. The number of ether oxygens (including phenoxy) is 2. The van der Waals surface area contributed by atoms with Gasteiger partial charge >= 0.3 is 5.97 Å². The minimum atomic E-state index is -4.25. The standard InChI is InChI=1S/C20H17NO7S2/c1-27-12-7-8-16(28-2)18(9-12)30(25,26)21-15-10-17(29-11-19(22)23)20(24)14-6-4-3-5-13(14)15/h3-10H,11H2,1-2H3,(H,22,23). The fourth-order valence-corrected chi connectivity index (χ4v) is 4.69. The molecule has 2 aromatic rings. The molecule has 1 N–H and O–H groups in total. The fourth-order valence-electron chi connectivity index (χ4n) is 2.79. The molecule has 0 spiro atoms. The van der Waals surface area contributed by atoms with E-state index >= 15 is 0 Å². The number of aliphatic carboxylic acids is 1. The highest BCUT2D eigenvalue weighted by Crippen LogP contribution is 2.32. The van der Waals surface area contributed by atoms with Gasteiger partial charge in [-0.25, -0.2) is 0 Å². The molecule has 30 heavy (non-hydrogen) atoms. The summed E-state index contributed by atoms with van der Waals surface area (Å²) in [5, 5.41) is 8.92. The highest BCUT2D eigenvalue weighted by atomic mass is 32.2. The van der Waals surface area contributed by atoms with Gasteiger partial charge in [0.2, 0.25) is 0 Å². The molecule has 1 aliphatic carbocycles. The summed E-state index contributed by atoms with van der Waals surface area (Å²) in [4.78, 5) is 23.5. The van der Waals surface area contributed by atoms with E-state index in [1.807, 2.05) is 0 Å². The van der Waals surface area contributed by atoms with Crippen molar-refractivity contribution >= 4 is 39.2 Å². The lowest BCUT2D eigenvalue weighted by Gasteiger charge is -2.17. The summed E-state index contributed by atoms with van der Waals surface area (Å²) in [5.41, 5.74) is 0.620. The Morgan fingerprint density at radius 2 is 1.80 bits per heavy atom. The van der Waals surface area contributed by atoms with Crippen LogP contribution in [0, 0.1) is 0 Å². The number of hydrogen-bond donors (Lipinski definition) is 1. The molecule has 0 aliphatic heterocycles. The van der Waals surface area contributed by atoms with E-state index in [2.05, 4.69) is 4.40 Å². The number of carboxylic acids is 1. The Labute approximate surface area is 177 Å². The molecule has 0 bridgehead atoms. The van der Waals surface area contributed by atoms with Gasteiger partial charge in [-0.3, -0.25) is 9.59 Å². The van der Waals surface area contributed by atoms with E-state index in [0.717, 1.165) is 11.8 Å². The van der Waals surface area contributed by atoms with Crippen LogP contribution in [0.5, 0.6) is 11.5 Å². The molecule has 8 nitrogen and oxygen atoms in total. The summed E-state index contributed by atoms with van der Waals surface area (Å²) < 4.78 is 40.3. The third-order valence-electron chi connectivity index (χ3n) is 4.16. The average molecular weight is 447 g/mol. The normalized spacial score (nSPS) is 14.8. The second-order valence-electron chi connectivity index (χ2n) is 6.03. The zero-order chi connectivity index (χ0) is 21.9. The van der Waals surface area contributed by atoms with Crippen molar-refractivity contribution in [3.05, 3.63) is 64.6 Å². The van der Waals surface area contributed by atoms with Crippen molar-refractivity contribution in [1.29, 1.82) is 0 Å². The fraction of sp³-hybridized carbons (Fsp3) is 0.150. The highest BCUT2D eigenvalue weighted by Gasteiger charge is 2.28. The molecule has 2 aromatic carbocycles. The number of carboxylic acid groups (broad SMARTS) is 1. The molecular formula is C20H17NO7S2. The van der Waals surface area contributed by atoms with Crippen molar-refractivity contribution in [2.75, 3.05) is 20.0 Å². The van der Waals surface area contributed by atoms with Gasteiger partial charge in [-0.1, -0.05) is 24.3 Å². The van der Waals surface area contributed by atoms with Crippen LogP contribution in [0.15, 0.2) is 62.7 Å². The van der Waals surface area contributed by atoms with Crippen molar-refractivity contribution in [2.24, 2.45) is 4.40 Å². The summed E-state index contributed by atoms with van der Waals surface area (Å²) in [5.74, 6) is -1.43. The molecule has 1 aliphatic rings. The van der Waals surface area contributed by atoms with E-state index in [0.29, 0.717) is 11.3 Å². The van der Waals surface area contributed by atoms with Crippen molar-refractivity contribution in [1.82, 2.24) is 0 Å². The number of Topliss-reactive ketones (excluding diaryl/α,β-unsaturated/α-hetero) is 1. The number of ketones is 1. The van der Waals surface area contributed by atoms with E-state index in [1.165, 1.54) is 32.4 Å². The smallest absolute Gasteiger partial charge is 0.313 e. The third kappa shape index (κ3) is 4.39. The Morgan fingerprint density at radius 3 is 2.43 bits per heavy atom. The summed E-state index contributed by atoms with van der Waals surface area (Å²) in [6.45, 7) is 0. The average Bonchev–Trinajstić information content (AvgIpc) is 2.74. The topological polar surface area (TPSA) is 119 Å². The number of carbonyl (C=O) groups is 2. The Kier molecular flexibility index (Phi) is 6.28. The SMILES string of the molecule is COc1ccc(OC)c(S(=O)(=O)N=C2C=C(SCC(=O)O)C(=O)c3ccccc32)c1. The van der Waals surface area contributed by atoms with E-state index in [9.17, 15) is 18.0 Å². The largest absolute Gasteiger partial charge is 0.497 e. The van der Waals surface area contributed by atoms with Crippen LogP contribution in [0.3, 0.4) is 0 Å². The number of thioether (sulfide) groups is 1. The number of rotatable bonds is 7. The zero-order valence-electron chi connectivity index (χ0n) is 16.0. The predicted octanol–water partition coefficient (Wildman–Crippen LogP) is 2.78. The summed E-state index contributed by atoms with van der Waals surface area (Å²) in [6, 6.07) is 10.7. The lowest BCUT2D eigenvalue weighted by molar-refractivity contribution is -0.133. The quantitative estimate of drug-likeness (QED) is 0.688. The van der Waals surface area contributed by atoms with Crippen LogP contribution < -0.4 is 9.47 Å². The van der Waals surface area contributed by atoms with Gasteiger partial charge in [0.1, 0.15) is 16.4 Å². The first-order valence-electron chi connectivity index (χ1n) is 8.54. The van der Waals surface area contributed by atoms with Crippen LogP contribution in [0.1, 0.15) is 15.9 Å². The maximum atomic E-state index is 13.1. The predicted molar refractivity (Wildman–Crippen MR) is 112 cm³/mol. The zero-order valence-corrected chi connectivity index (χ0v) is 17.6. The van der Waals surface area contributed by atoms with Gasteiger partial charge in [0.05, 0.1) is 30.6 Å².